The van der Waals surface area contributed by atoms with Gasteiger partial charge in [0.25, 0.3) is 0 Å². The van der Waals surface area contributed by atoms with Gasteiger partial charge in [0.2, 0.25) is 0 Å². The molecule has 0 aliphatic carbocycles. The van der Waals surface area contributed by atoms with Crippen molar-refractivity contribution in [2.45, 2.75) is 57.2 Å². The molecule has 3 aromatic rings. The molecular formula is C23H26FN3O2S. The highest BCUT2D eigenvalue weighted by atomic mass is 32.2. The van der Waals surface area contributed by atoms with Crippen molar-refractivity contribution in [1.82, 2.24) is 14.8 Å². The fraction of sp³-hybridized carbons (Fsp3) is 0.391. The van der Waals surface area contributed by atoms with Crippen molar-refractivity contribution in [3.63, 3.8) is 0 Å². The smallest absolute Gasteiger partial charge is 0.191 e. The molecule has 0 spiro atoms. The van der Waals surface area contributed by atoms with E-state index in [0.717, 1.165) is 40.0 Å². The topological polar surface area (TPSA) is 49.2 Å². The zero-order valence-electron chi connectivity index (χ0n) is 17.7. The average molecular weight is 428 g/mol. The fourth-order valence-corrected chi connectivity index (χ4v) is 4.49. The van der Waals surface area contributed by atoms with Gasteiger partial charge in [0.1, 0.15) is 11.6 Å². The summed E-state index contributed by atoms with van der Waals surface area (Å²) in [6.07, 6.45) is 0. The van der Waals surface area contributed by atoms with Crippen molar-refractivity contribution >= 4 is 11.8 Å². The number of fused-ring (bicyclic) bond motifs is 1. The van der Waals surface area contributed by atoms with Crippen LogP contribution in [0.4, 0.5) is 4.39 Å². The molecule has 0 N–H and O–H groups in total. The van der Waals surface area contributed by atoms with Crippen LogP contribution in [0.1, 0.15) is 44.4 Å². The largest absolute Gasteiger partial charge is 0.467 e. The summed E-state index contributed by atoms with van der Waals surface area (Å²) in [6.45, 7) is 9.98. The van der Waals surface area contributed by atoms with Crippen LogP contribution in [-0.2, 0) is 29.1 Å². The summed E-state index contributed by atoms with van der Waals surface area (Å²) in [4.78, 5) is 0. The Morgan fingerprint density at radius 1 is 1.13 bits per heavy atom. The Balaban J connectivity index is 1.57. The third kappa shape index (κ3) is 4.23. The first-order valence-corrected chi connectivity index (χ1v) is 11.0. The fourth-order valence-electron chi connectivity index (χ4n) is 3.52. The number of halogens is 1. The lowest BCUT2D eigenvalue weighted by Crippen LogP contribution is -2.13. The Kier molecular flexibility index (Phi) is 5.84. The highest BCUT2D eigenvalue weighted by Crippen LogP contribution is 2.34. The number of ether oxygens (including phenoxy) is 2. The highest BCUT2D eigenvalue weighted by Gasteiger charge is 2.20. The molecule has 0 radical (unpaired) electrons. The molecule has 158 valence electrons. The van der Waals surface area contributed by atoms with E-state index >= 15 is 0 Å². The first-order chi connectivity index (χ1) is 14.4. The number of hydrogen-bond donors (Lipinski definition) is 0. The van der Waals surface area contributed by atoms with Crippen molar-refractivity contribution < 1.29 is 13.9 Å². The molecule has 1 aliphatic heterocycles. The molecule has 0 amide bonds. The van der Waals surface area contributed by atoms with Gasteiger partial charge in [-0.3, -0.25) is 0 Å². The predicted octanol–water partition coefficient (Wildman–Crippen LogP) is 5.56. The van der Waals surface area contributed by atoms with Gasteiger partial charge in [0.05, 0.1) is 6.61 Å². The molecule has 0 bridgehead atoms. The number of thioether (sulfide) groups is 1. The van der Waals surface area contributed by atoms with Gasteiger partial charge >= 0.3 is 0 Å². The summed E-state index contributed by atoms with van der Waals surface area (Å²) < 4.78 is 27.0. The summed E-state index contributed by atoms with van der Waals surface area (Å²) in [5, 5.41) is 9.64. The van der Waals surface area contributed by atoms with Crippen LogP contribution in [0.5, 0.6) is 5.75 Å². The summed E-state index contributed by atoms with van der Waals surface area (Å²) >= 11 is 1.53. The van der Waals surface area contributed by atoms with E-state index in [1.165, 1.54) is 29.5 Å². The SMILES string of the molecule is CCn1c(SCc2cc(F)cc3c2OCOC3)nnc1-c1ccc(C(C)(C)C)cc1. The molecule has 4 rings (SSSR count). The predicted molar refractivity (Wildman–Crippen MR) is 116 cm³/mol. The minimum absolute atomic E-state index is 0.106. The maximum atomic E-state index is 14.0. The number of benzene rings is 2. The Labute approximate surface area is 180 Å². The van der Waals surface area contributed by atoms with E-state index < -0.39 is 0 Å². The van der Waals surface area contributed by atoms with E-state index in [-0.39, 0.29) is 18.0 Å². The van der Waals surface area contributed by atoms with Crippen molar-refractivity contribution in [2.24, 2.45) is 0 Å². The summed E-state index contributed by atoms with van der Waals surface area (Å²) in [5.74, 6) is 1.82. The molecule has 1 aliphatic rings. The molecule has 0 saturated carbocycles. The van der Waals surface area contributed by atoms with Crippen molar-refractivity contribution in [2.75, 3.05) is 6.79 Å². The van der Waals surface area contributed by atoms with E-state index in [0.29, 0.717) is 12.4 Å². The van der Waals surface area contributed by atoms with Crippen LogP contribution in [0.25, 0.3) is 11.4 Å². The Morgan fingerprint density at radius 2 is 1.90 bits per heavy atom. The van der Waals surface area contributed by atoms with Gasteiger partial charge in [-0.15, -0.1) is 10.2 Å². The van der Waals surface area contributed by atoms with Crippen LogP contribution in [0.2, 0.25) is 0 Å². The monoisotopic (exact) mass is 427 g/mol. The van der Waals surface area contributed by atoms with Gasteiger partial charge in [-0.2, -0.15) is 0 Å². The lowest BCUT2D eigenvalue weighted by atomic mass is 9.87. The first-order valence-electron chi connectivity index (χ1n) is 10.1. The average Bonchev–Trinajstić information content (AvgIpc) is 3.14. The third-order valence-electron chi connectivity index (χ3n) is 5.15. The van der Waals surface area contributed by atoms with Gasteiger partial charge < -0.3 is 14.0 Å². The van der Waals surface area contributed by atoms with E-state index in [2.05, 4.69) is 66.7 Å². The molecule has 0 saturated heterocycles. The maximum Gasteiger partial charge on any atom is 0.191 e. The number of aromatic nitrogens is 3. The van der Waals surface area contributed by atoms with Crippen molar-refractivity contribution in [3.8, 4) is 17.1 Å². The van der Waals surface area contributed by atoms with E-state index in [1.54, 1.807) is 0 Å². The van der Waals surface area contributed by atoms with Gasteiger partial charge in [-0.05, 0) is 30.0 Å². The normalized spacial score (nSPS) is 13.8. The second-order valence-corrected chi connectivity index (χ2v) is 9.27. The number of hydrogen-bond acceptors (Lipinski definition) is 5. The molecule has 0 fully saturated rings. The standard InChI is InChI=1S/C23H26FN3O2S/c1-5-27-21(15-6-8-18(9-7-15)23(2,3)4)25-26-22(27)30-13-17-11-19(24)10-16-12-28-14-29-20(16)17/h6-11H,5,12-14H2,1-4H3. The highest BCUT2D eigenvalue weighted by molar-refractivity contribution is 7.98. The van der Waals surface area contributed by atoms with Gasteiger partial charge in [-0.1, -0.05) is 56.8 Å². The van der Waals surface area contributed by atoms with Crippen LogP contribution in [0.15, 0.2) is 41.6 Å². The lowest BCUT2D eigenvalue weighted by molar-refractivity contribution is -0.0171. The molecule has 0 unspecified atom stereocenters. The van der Waals surface area contributed by atoms with Crippen molar-refractivity contribution in [1.29, 1.82) is 0 Å². The molecule has 2 heterocycles. The zero-order chi connectivity index (χ0) is 21.3. The lowest BCUT2D eigenvalue weighted by Gasteiger charge is -2.20. The third-order valence-corrected chi connectivity index (χ3v) is 6.17. The second-order valence-electron chi connectivity index (χ2n) is 8.33. The summed E-state index contributed by atoms with van der Waals surface area (Å²) in [5.41, 5.74) is 3.97. The van der Waals surface area contributed by atoms with Gasteiger partial charge in [-0.25, -0.2) is 4.39 Å². The first kappa shape index (κ1) is 20.9. The van der Waals surface area contributed by atoms with Crippen LogP contribution < -0.4 is 4.74 Å². The quantitative estimate of drug-likeness (QED) is 0.499. The van der Waals surface area contributed by atoms with E-state index in [1.807, 2.05) is 0 Å². The molecule has 5 nitrogen and oxygen atoms in total. The second kappa shape index (κ2) is 8.40. The van der Waals surface area contributed by atoms with Crippen LogP contribution in [-0.4, -0.2) is 21.6 Å². The van der Waals surface area contributed by atoms with Crippen LogP contribution in [0.3, 0.4) is 0 Å². The molecule has 1 aromatic heterocycles. The zero-order valence-corrected chi connectivity index (χ0v) is 18.6. The van der Waals surface area contributed by atoms with E-state index in [9.17, 15) is 4.39 Å². The molecule has 7 heteroatoms. The van der Waals surface area contributed by atoms with Crippen LogP contribution >= 0.6 is 11.8 Å². The molecule has 0 atom stereocenters. The van der Waals surface area contributed by atoms with Crippen molar-refractivity contribution in [3.05, 3.63) is 58.9 Å². The number of rotatable bonds is 5. The molecular weight excluding hydrogens is 401 g/mol. The minimum atomic E-state index is -0.282. The Hall–Kier alpha value is -2.38. The Morgan fingerprint density at radius 3 is 2.60 bits per heavy atom. The minimum Gasteiger partial charge on any atom is -0.467 e. The van der Waals surface area contributed by atoms with Gasteiger partial charge in [0.15, 0.2) is 17.8 Å². The van der Waals surface area contributed by atoms with E-state index in [4.69, 9.17) is 9.47 Å². The molecule has 30 heavy (non-hydrogen) atoms. The molecule has 2 aromatic carbocycles. The number of nitrogens with zero attached hydrogens (tertiary/aromatic N) is 3. The summed E-state index contributed by atoms with van der Waals surface area (Å²) in [7, 11) is 0. The van der Waals surface area contributed by atoms with Crippen LogP contribution in [0, 0.1) is 5.82 Å². The summed E-state index contributed by atoms with van der Waals surface area (Å²) in [6, 6.07) is 11.5. The van der Waals surface area contributed by atoms with Gasteiger partial charge in [0, 0.05) is 29.0 Å². The maximum absolute atomic E-state index is 14.0. The Bertz CT molecular complexity index is 1040.